The Morgan fingerprint density at radius 2 is 2.60 bits per heavy atom. The van der Waals surface area contributed by atoms with E-state index in [1.165, 1.54) is 15.7 Å². The van der Waals surface area contributed by atoms with E-state index >= 15 is 0 Å². The van der Waals surface area contributed by atoms with Crippen molar-refractivity contribution in [1.82, 2.24) is 0 Å². The second-order valence-corrected chi connectivity index (χ2v) is 5.18. The minimum absolute atomic E-state index is 1.03. The van der Waals surface area contributed by atoms with Crippen molar-refractivity contribution in [3.8, 4) is 0 Å². The summed E-state index contributed by atoms with van der Waals surface area (Å²) in [4.78, 5) is 0. The molecule has 5 heavy (non-hydrogen) atoms. The average Bonchev–Trinajstić information content (AvgIpc) is 1.76. The minimum atomic E-state index is 1.03. The Bertz CT molecular complexity index is 18.5. The Morgan fingerprint density at radius 1 is 1.60 bits per heavy atom. The Morgan fingerprint density at radius 3 is 2.80 bits per heavy atom. The van der Waals surface area contributed by atoms with Gasteiger partial charge in [0.25, 0.3) is 0 Å². The molecule has 1 aliphatic rings. The molecular formula is C3H6SSe. The normalized spacial score (nSPS) is 24.0. The van der Waals surface area contributed by atoms with E-state index in [9.17, 15) is 0 Å². The molecule has 0 amide bonds. The van der Waals surface area contributed by atoms with Gasteiger partial charge in [0.05, 0.1) is 0 Å². The van der Waals surface area contributed by atoms with Crippen molar-refractivity contribution in [3.63, 3.8) is 0 Å². The number of thioether (sulfide) groups is 1. The van der Waals surface area contributed by atoms with Crippen LogP contribution < -0.4 is 0 Å². The molecule has 2 heteroatoms. The maximum absolute atomic E-state index is 2.10. The van der Waals surface area contributed by atoms with Gasteiger partial charge in [0.2, 0.25) is 0 Å². The molecule has 0 saturated carbocycles. The third-order valence-electron chi connectivity index (χ3n) is 0.539. The summed E-state index contributed by atoms with van der Waals surface area (Å²) in [6.45, 7) is 0. The zero-order valence-corrected chi connectivity index (χ0v) is 5.47. The third-order valence-corrected chi connectivity index (χ3v) is 5.08. The number of hydrogen-bond donors (Lipinski definition) is 0. The van der Waals surface area contributed by atoms with Crippen LogP contribution in [0.3, 0.4) is 0 Å². The van der Waals surface area contributed by atoms with Gasteiger partial charge in [0.15, 0.2) is 0 Å². The fourth-order valence-corrected chi connectivity index (χ4v) is 4.59. The Labute approximate surface area is 42.9 Å². The zero-order chi connectivity index (χ0) is 3.54. The van der Waals surface area contributed by atoms with E-state index in [0.29, 0.717) is 0 Å². The maximum atomic E-state index is 2.10. The van der Waals surface area contributed by atoms with Crippen LogP contribution in [0.1, 0.15) is 0 Å². The van der Waals surface area contributed by atoms with E-state index in [2.05, 4.69) is 11.8 Å². The van der Waals surface area contributed by atoms with E-state index in [4.69, 9.17) is 0 Å². The van der Waals surface area contributed by atoms with Crippen LogP contribution in [0.15, 0.2) is 0 Å². The molecule has 1 saturated heterocycles. The quantitative estimate of drug-likeness (QED) is 0.464. The molecule has 1 fully saturated rings. The van der Waals surface area contributed by atoms with Gasteiger partial charge in [-0.3, -0.25) is 0 Å². The third kappa shape index (κ3) is 1.16. The van der Waals surface area contributed by atoms with Gasteiger partial charge in [0, 0.05) is 0 Å². The molecule has 0 nitrogen and oxygen atoms in total. The molecule has 0 spiro atoms. The molecular weight excluding hydrogens is 147 g/mol. The van der Waals surface area contributed by atoms with Crippen molar-refractivity contribution in [2.45, 2.75) is 5.32 Å². The molecule has 1 aliphatic heterocycles. The fraction of sp³-hybridized carbons (Fsp3) is 1.00. The van der Waals surface area contributed by atoms with Crippen molar-refractivity contribution in [1.29, 1.82) is 0 Å². The Kier molecular flexibility index (Phi) is 1.71. The zero-order valence-electron chi connectivity index (χ0n) is 2.94. The second-order valence-electron chi connectivity index (χ2n) is 0.934. The van der Waals surface area contributed by atoms with Gasteiger partial charge < -0.3 is 0 Å². The van der Waals surface area contributed by atoms with Gasteiger partial charge in [0.1, 0.15) is 0 Å². The van der Waals surface area contributed by atoms with Crippen molar-refractivity contribution in [3.05, 3.63) is 0 Å². The monoisotopic (exact) mass is 154 g/mol. The van der Waals surface area contributed by atoms with Crippen molar-refractivity contribution in [2.75, 3.05) is 10.4 Å². The first-order valence-electron chi connectivity index (χ1n) is 1.65. The van der Waals surface area contributed by atoms with Gasteiger partial charge in [-0.25, -0.2) is 0 Å². The first kappa shape index (κ1) is 4.04. The topological polar surface area (TPSA) is 0 Å². The summed E-state index contributed by atoms with van der Waals surface area (Å²) in [7, 11) is 0. The van der Waals surface area contributed by atoms with Crippen LogP contribution in [0, 0.1) is 0 Å². The van der Waals surface area contributed by atoms with Crippen LogP contribution in [0.5, 0.6) is 0 Å². The van der Waals surface area contributed by atoms with Crippen LogP contribution in [0.4, 0.5) is 0 Å². The standard InChI is InChI=1S/C3H6SSe/c1-2-5-3-4-1/h1-3H2. The molecule has 0 aromatic rings. The van der Waals surface area contributed by atoms with E-state index < -0.39 is 0 Å². The van der Waals surface area contributed by atoms with Crippen LogP contribution >= 0.6 is 11.8 Å². The van der Waals surface area contributed by atoms with E-state index in [1.807, 2.05) is 0 Å². The van der Waals surface area contributed by atoms with E-state index in [1.54, 1.807) is 0 Å². The summed E-state index contributed by atoms with van der Waals surface area (Å²) in [5, 5.41) is 1.53. The second kappa shape index (κ2) is 2.12. The Hall–Kier alpha value is 0.869. The summed E-state index contributed by atoms with van der Waals surface area (Å²) in [5.41, 5.74) is 0. The molecule has 0 aromatic heterocycles. The van der Waals surface area contributed by atoms with Crippen molar-refractivity contribution in [2.24, 2.45) is 0 Å². The molecule has 0 atom stereocenters. The summed E-state index contributed by atoms with van der Waals surface area (Å²) in [6.07, 6.45) is 0. The van der Waals surface area contributed by atoms with E-state index in [-0.39, 0.29) is 0 Å². The molecule has 0 N–H and O–H groups in total. The first-order valence-corrected chi connectivity index (χ1v) is 5.23. The Balaban J connectivity index is 2.08. The van der Waals surface area contributed by atoms with Crippen LogP contribution in [0.2, 0.25) is 5.32 Å². The SMILES string of the molecule is C1C[Se]CS1. The molecule has 0 unspecified atom stereocenters. The summed E-state index contributed by atoms with van der Waals surface area (Å²) < 4.78 is 1.48. The number of rotatable bonds is 0. The van der Waals surface area contributed by atoms with Crippen LogP contribution in [-0.2, 0) is 0 Å². The summed E-state index contributed by atoms with van der Waals surface area (Å²) >= 11 is 3.13. The average molecular weight is 153 g/mol. The molecule has 0 aromatic carbocycles. The molecule has 0 aliphatic carbocycles. The number of hydrogen-bond acceptors (Lipinski definition) is 1. The summed E-state index contributed by atoms with van der Waals surface area (Å²) in [6, 6.07) is 0. The van der Waals surface area contributed by atoms with Gasteiger partial charge in [-0.05, 0) is 0 Å². The fourth-order valence-electron chi connectivity index (χ4n) is 0.295. The first-order chi connectivity index (χ1) is 2.50. The van der Waals surface area contributed by atoms with Gasteiger partial charge >= 0.3 is 42.4 Å². The van der Waals surface area contributed by atoms with Gasteiger partial charge in [-0.1, -0.05) is 0 Å². The molecule has 1 rings (SSSR count). The van der Waals surface area contributed by atoms with Crippen molar-refractivity contribution >= 4 is 26.7 Å². The molecule has 0 bridgehead atoms. The predicted molar refractivity (Wildman–Crippen MR) is 27.9 cm³/mol. The molecule has 1 heterocycles. The van der Waals surface area contributed by atoms with Crippen LogP contribution in [0.25, 0.3) is 0 Å². The molecule has 0 radical (unpaired) electrons. The summed E-state index contributed by atoms with van der Waals surface area (Å²) in [5.74, 6) is 1.44. The van der Waals surface area contributed by atoms with E-state index in [0.717, 1.165) is 15.0 Å². The predicted octanol–water partition coefficient (Wildman–Crippen LogP) is 0.813. The molecule has 30 valence electrons. The van der Waals surface area contributed by atoms with Gasteiger partial charge in [-0.15, -0.1) is 0 Å². The van der Waals surface area contributed by atoms with Crippen LogP contribution in [-0.4, -0.2) is 25.4 Å². The van der Waals surface area contributed by atoms with Gasteiger partial charge in [-0.2, -0.15) is 0 Å². The van der Waals surface area contributed by atoms with Crippen molar-refractivity contribution < 1.29 is 0 Å².